The Bertz CT molecular complexity index is 1190. The highest BCUT2D eigenvalue weighted by Gasteiger charge is 2.29. The van der Waals surface area contributed by atoms with Gasteiger partial charge in [-0.3, -0.25) is 19.1 Å². The van der Waals surface area contributed by atoms with E-state index >= 15 is 0 Å². The van der Waals surface area contributed by atoms with Crippen LogP contribution in [0, 0.1) is 10.1 Å². The lowest BCUT2D eigenvalue weighted by Crippen LogP contribution is -2.24. The first kappa shape index (κ1) is 26.7. The van der Waals surface area contributed by atoms with Gasteiger partial charge < -0.3 is 4.74 Å². The molecule has 0 aliphatic heterocycles. The van der Waals surface area contributed by atoms with Crippen molar-refractivity contribution in [3.05, 3.63) is 57.6 Å². The predicted octanol–water partition coefficient (Wildman–Crippen LogP) is 4.31. The van der Waals surface area contributed by atoms with E-state index < -0.39 is 43.0 Å². The molecule has 1 unspecified atom stereocenters. The minimum Gasteiger partial charge on any atom is -0.425 e. The number of nitro groups is 1. The van der Waals surface area contributed by atoms with E-state index in [1.807, 2.05) is 59.7 Å². The van der Waals surface area contributed by atoms with Gasteiger partial charge in [0.15, 0.2) is 9.84 Å². The zero-order chi connectivity index (χ0) is 25.4. The molecule has 0 bridgehead atoms. The summed E-state index contributed by atoms with van der Waals surface area (Å²) in [6, 6.07) is 8.70. The van der Waals surface area contributed by atoms with Gasteiger partial charge in [0.05, 0.1) is 20.6 Å². The average Bonchev–Trinajstić information content (AvgIpc) is 2.64. The molecular formula is C23H29NO7S2. The quantitative estimate of drug-likeness (QED) is 0.253. The SMILES string of the molecule is CC(C)(C)c1cccc(C(C)(C)C)c1OC(=O)CS(=O)c1ccc(S(C)(=O)=O)cc1[N+](=O)[O-]. The first-order chi connectivity index (χ1) is 14.9. The zero-order valence-electron chi connectivity index (χ0n) is 19.8. The standard InChI is InChI=1S/C23H29NO7S2/c1-22(2,3)16-9-8-10-17(23(4,5)6)21(16)31-20(25)14-32(28)19-12-11-15(33(7,29)30)13-18(19)24(26)27/h8-13H,14H2,1-7H3. The molecule has 10 heteroatoms. The van der Waals surface area contributed by atoms with Crippen molar-refractivity contribution in [2.75, 3.05) is 12.0 Å². The number of sulfone groups is 1. The molecule has 33 heavy (non-hydrogen) atoms. The molecule has 0 fully saturated rings. The van der Waals surface area contributed by atoms with Crippen molar-refractivity contribution in [1.29, 1.82) is 0 Å². The number of carbonyl (C=O) groups is 1. The molecule has 0 aromatic heterocycles. The number of esters is 1. The summed E-state index contributed by atoms with van der Waals surface area (Å²) in [7, 11) is -5.82. The van der Waals surface area contributed by atoms with E-state index in [1.165, 1.54) is 0 Å². The summed E-state index contributed by atoms with van der Waals surface area (Å²) in [6.45, 7) is 11.9. The summed E-state index contributed by atoms with van der Waals surface area (Å²) in [4.78, 5) is 22.9. The molecular weight excluding hydrogens is 466 g/mol. The van der Waals surface area contributed by atoms with Crippen LogP contribution in [0.25, 0.3) is 0 Å². The van der Waals surface area contributed by atoms with Crippen molar-refractivity contribution in [2.45, 2.75) is 62.2 Å². The van der Waals surface area contributed by atoms with E-state index in [9.17, 15) is 27.5 Å². The molecule has 0 spiro atoms. The number of nitrogens with zero attached hydrogens (tertiary/aromatic N) is 1. The lowest BCUT2D eigenvalue weighted by molar-refractivity contribution is -0.388. The fraction of sp³-hybridized carbons (Fsp3) is 0.435. The number of hydrogen-bond donors (Lipinski definition) is 0. The molecule has 2 aromatic carbocycles. The molecule has 0 radical (unpaired) electrons. The Morgan fingerprint density at radius 2 is 1.55 bits per heavy atom. The minimum absolute atomic E-state index is 0.246. The first-order valence-corrected chi connectivity index (χ1v) is 13.4. The molecule has 0 N–H and O–H groups in total. The van der Waals surface area contributed by atoms with E-state index in [2.05, 4.69) is 0 Å². The van der Waals surface area contributed by atoms with E-state index in [0.717, 1.165) is 35.6 Å². The third-order valence-electron chi connectivity index (χ3n) is 4.90. The van der Waals surface area contributed by atoms with Gasteiger partial charge in [-0.1, -0.05) is 59.7 Å². The minimum atomic E-state index is -3.70. The summed E-state index contributed by atoms with van der Waals surface area (Å²) in [5.74, 6) is -1.04. The Balaban J connectivity index is 2.42. The number of rotatable bonds is 6. The van der Waals surface area contributed by atoms with Crippen LogP contribution in [-0.2, 0) is 36.3 Å². The molecule has 1 atom stereocenters. The number of benzene rings is 2. The molecule has 0 saturated heterocycles. The van der Waals surface area contributed by atoms with Crippen LogP contribution in [0.15, 0.2) is 46.2 Å². The monoisotopic (exact) mass is 495 g/mol. The lowest BCUT2D eigenvalue weighted by atomic mass is 9.79. The van der Waals surface area contributed by atoms with Crippen LogP contribution in [0.1, 0.15) is 52.7 Å². The summed E-state index contributed by atoms with van der Waals surface area (Å²) < 4.78 is 42.0. The van der Waals surface area contributed by atoms with Crippen LogP contribution in [0.2, 0.25) is 0 Å². The van der Waals surface area contributed by atoms with Crippen molar-refractivity contribution in [2.24, 2.45) is 0 Å². The maximum Gasteiger partial charge on any atom is 0.324 e. The molecule has 0 heterocycles. The van der Waals surface area contributed by atoms with Gasteiger partial charge in [0.1, 0.15) is 16.4 Å². The molecule has 8 nitrogen and oxygen atoms in total. The van der Waals surface area contributed by atoms with Crippen LogP contribution in [0.5, 0.6) is 5.75 Å². The van der Waals surface area contributed by atoms with Crippen molar-refractivity contribution in [1.82, 2.24) is 0 Å². The van der Waals surface area contributed by atoms with Crippen molar-refractivity contribution in [3.8, 4) is 5.75 Å². The molecule has 0 aliphatic carbocycles. The van der Waals surface area contributed by atoms with E-state index in [0.29, 0.717) is 5.75 Å². The van der Waals surface area contributed by atoms with Gasteiger partial charge in [0.2, 0.25) is 0 Å². The number of carbonyl (C=O) groups excluding carboxylic acids is 1. The van der Waals surface area contributed by atoms with E-state index in [4.69, 9.17) is 4.74 Å². The van der Waals surface area contributed by atoms with Crippen LogP contribution < -0.4 is 4.74 Å². The second-order valence-corrected chi connectivity index (χ2v) is 13.2. The highest BCUT2D eigenvalue weighted by atomic mass is 32.2. The van der Waals surface area contributed by atoms with Gasteiger partial charge in [-0.2, -0.15) is 0 Å². The van der Waals surface area contributed by atoms with Gasteiger partial charge >= 0.3 is 5.97 Å². The molecule has 2 aromatic rings. The topological polar surface area (TPSA) is 121 Å². The van der Waals surface area contributed by atoms with E-state index in [1.54, 1.807) is 0 Å². The highest BCUT2D eigenvalue weighted by molar-refractivity contribution is 7.90. The number of ether oxygens (including phenoxy) is 1. The van der Waals surface area contributed by atoms with Crippen molar-refractivity contribution in [3.63, 3.8) is 0 Å². The van der Waals surface area contributed by atoms with Gasteiger partial charge in [0, 0.05) is 23.4 Å². The largest absolute Gasteiger partial charge is 0.425 e. The lowest BCUT2D eigenvalue weighted by Gasteiger charge is -2.28. The molecule has 2 rings (SSSR count). The van der Waals surface area contributed by atoms with Crippen LogP contribution in [-0.4, -0.2) is 35.5 Å². The molecule has 0 amide bonds. The Labute approximate surface area is 196 Å². The predicted molar refractivity (Wildman–Crippen MR) is 127 cm³/mol. The Kier molecular flexibility index (Phi) is 7.55. The van der Waals surface area contributed by atoms with Crippen LogP contribution >= 0.6 is 0 Å². The fourth-order valence-corrected chi connectivity index (χ4v) is 4.88. The van der Waals surface area contributed by atoms with Crippen molar-refractivity contribution < 1.29 is 27.1 Å². The maximum absolute atomic E-state index is 12.9. The van der Waals surface area contributed by atoms with Gasteiger partial charge in [-0.25, -0.2) is 8.42 Å². The molecule has 0 aliphatic rings. The van der Waals surface area contributed by atoms with Crippen molar-refractivity contribution >= 4 is 32.3 Å². The van der Waals surface area contributed by atoms with Crippen LogP contribution in [0.3, 0.4) is 0 Å². The summed E-state index contributed by atoms with van der Waals surface area (Å²) >= 11 is 0. The Morgan fingerprint density at radius 3 is 1.97 bits per heavy atom. The van der Waals surface area contributed by atoms with Gasteiger partial charge in [0.25, 0.3) is 5.69 Å². The third-order valence-corrected chi connectivity index (χ3v) is 7.34. The molecule has 180 valence electrons. The number of para-hydroxylation sites is 1. The smallest absolute Gasteiger partial charge is 0.324 e. The normalized spacial score (nSPS) is 13.4. The average molecular weight is 496 g/mol. The second-order valence-electron chi connectivity index (χ2n) is 9.80. The fourth-order valence-electron chi connectivity index (χ4n) is 3.22. The van der Waals surface area contributed by atoms with Crippen LogP contribution in [0.4, 0.5) is 5.69 Å². The summed E-state index contributed by atoms with van der Waals surface area (Å²) in [5, 5.41) is 11.5. The number of hydrogen-bond acceptors (Lipinski definition) is 7. The van der Waals surface area contributed by atoms with E-state index in [-0.39, 0.29) is 20.6 Å². The van der Waals surface area contributed by atoms with Gasteiger partial charge in [-0.15, -0.1) is 0 Å². The zero-order valence-corrected chi connectivity index (χ0v) is 21.4. The third kappa shape index (κ3) is 6.48. The number of nitro benzene ring substituents is 1. The Hall–Kier alpha value is -2.59. The maximum atomic E-state index is 12.9. The summed E-state index contributed by atoms with van der Waals surface area (Å²) in [6.07, 6.45) is 0.916. The van der Waals surface area contributed by atoms with Gasteiger partial charge in [-0.05, 0) is 23.0 Å². The Morgan fingerprint density at radius 1 is 1.03 bits per heavy atom. The highest BCUT2D eigenvalue weighted by Crippen LogP contribution is 2.39. The summed E-state index contributed by atoms with van der Waals surface area (Å²) in [5.41, 5.74) is 0.302. The first-order valence-electron chi connectivity index (χ1n) is 10.1. The molecule has 0 saturated carbocycles. The second kappa shape index (κ2) is 9.34.